The fraction of sp³-hybridized carbons (Fsp3) is 0.938. The third-order valence-electron chi connectivity index (χ3n) is 6.19. The van der Waals surface area contributed by atoms with Crippen LogP contribution in [0.4, 0.5) is 0 Å². The van der Waals surface area contributed by atoms with Gasteiger partial charge in [0.2, 0.25) is 0 Å². The SMILES string of the molecule is O=C(O)C1(OC23CC4CC(CC(C4)C2)C3)CCCC1. The van der Waals surface area contributed by atoms with Crippen LogP contribution in [0.3, 0.4) is 0 Å². The maximum absolute atomic E-state index is 11.7. The van der Waals surface area contributed by atoms with E-state index >= 15 is 0 Å². The minimum absolute atomic E-state index is 0.0719. The Bertz CT molecular complexity index is 360. The van der Waals surface area contributed by atoms with Crippen LogP contribution in [0.2, 0.25) is 0 Å². The predicted molar refractivity (Wildman–Crippen MR) is 70.8 cm³/mol. The molecule has 0 aromatic heterocycles. The first-order chi connectivity index (χ1) is 9.09. The third-order valence-corrected chi connectivity index (χ3v) is 6.19. The van der Waals surface area contributed by atoms with Gasteiger partial charge in [0.25, 0.3) is 0 Å². The number of hydrogen-bond donors (Lipinski definition) is 1. The summed E-state index contributed by atoms with van der Waals surface area (Å²) in [5.74, 6) is 1.75. The minimum Gasteiger partial charge on any atom is -0.479 e. The summed E-state index contributed by atoms with van der Waals surface area (Å²) >= 11 is 0. The van der Waals surface area contributed by atoms with E-state index in [1.54, 1.807) is 0 Å². The molecule has 0 aromatic carbocycles. The maximum atomic E-state index is 11.7. The summed E-state index contributed by atoms with van der Waals surface area (Å²) in [5, 5.41) is 9.64. The molecular formula is C16H24O3. The first-order valence-corrected chi connectivity index (χ1v) is 8.03. The van der Waals surface area contributed by atoms with Gasteiger partial charge in [-0.3, -0.25) is 0 Å². The zero-order valence-corrected chi connectivity index (χ0v) is 11.6. The van der Waals surface area contributed by atoms with Gasteiger partial charge in [0.05, 0.1) is 5.60 Å². The molecule has 3 nitrogen and oxygen atoms in total. The Labute approximate surface area is 114 Å². The molecule has 0 spiro atoms. The van der Waals surface area contributed by atoms with Crippen molar-refractivity contribution in [2.24, 2.45) is 17.8 Å². The van der Waals surface area contributed by atoms with Crippen molar-refractivity contribution >= 4 is 5.97 Å². The van der Waals surface area contributed by atoms with Gasteiger partial charge in [0, 0.05) is 0 Å². The van der Waals surface area contributed by atoms with Crippen LogP contribution in [0.5, 0.6) is 0 Å². The molecule has 0 aliphatic heterocycles. The van der Waals surface area contributed by atoms with Gasteiger partial charge in [-0.2, -0.15) is 0 Å². The average molecular weight is 264 g/mol. The van der Waals surface area contributed by atoms with E-state index in [-0.39, 0.29) is 5.60 Å². The second-order valence-corrected chi connectivity index (χ2v) is 7.71. The zero-order chi connectivity index (χ0) is 13.1. The van der Waals surface area contributed by atoms with E-state index in [1.807, 2.05) is 0 Å². The quantitative estimate of drug-likeness (QED) is 0.850. The lowest BCUT2D eigenvalue weighted by Crippen LogP contribution is -2.57. The molecule has 3 heteroatoms. The van der Waals surface area contributed by atoms with Crippen molar-refractivity contribution in [2.45, 2.75) is 75.4 Å². The fourth-order valence-electron chi connectivity index (χ4n) is 5.88. The Hall–Kier alpha value is -0.570. The Morgan fingerprint density at radius 3 is 1.84 bits per heavy atom. The van der Waals surface area contributed by atoms with E-state index in [0.29, 0.717) is 0 Å². The molecule has 106 valence electrons. The van der Waals surface area contributed by atoms with Crippen molar-refractivity contribution < 1.29 is 14.6 Å². The van der Waals surface area contributed by atoms with Crippen molar-refractivity contribution in [2.75, 3.05) is 0 Å². The molecule has 0 aromatic rings. The van der Waals surface area contributed by atoms with Gasteiger partial charge in [-0.25, -0.2) is 4.79 Å². The van der Waals surface area contributed by atoms with Crippen molar-refractivity contribution in [3.63, 3.8) is 0 Å². The highest BCUT2D eigenvalue weighted by molar-refractivity contribution is 5.78. The molecule has 19 heavy (non-hydrogen) atoms. The highest BCUT2D eigenvalue weighted by Crippen LogP contribution is 2.58. The molecule has 5 saturated carbocycles. The number of rotatable bonds is 3. The van der Waals surface area contributed by atoms with Gasteiger partial charge in [-0.1, -0.05) is 0 Å². The molecule has 5 aliphatic carbocycles. The lowest BCUT2D eigenvalue weighted by Gasteiger charge is -2.57. The van der Waals surface area contributed by atoms with E-state index in [9.17, 15) is 9.90 Å². The summed E-state index contributed by atoms with van der Waals surface area (Å²) in [6, 6.07) is 0. The van der Waals surface area contributed by atoms with Crippen molar-refractivity contribution in [1.82, 2.24) is 0 Å². The summed E-state index contributed by atoms with van der Waals surface area (Å²) in [5.41, 5.74) is -0.914. The Morgan fingerprint density at radius 2 is 1.42 bits per heavy atom. The molecular weight excluding hydrogens is 240 g/mol. The first-order valence-electron chi connectivity index (χ1n) is 8.03. The van der Waals surface area contributed by atoms with Crippen LogP contribution in [0.1, 0.15) is 64.2 Å². The average Bonchev–Trinajstić information content (AvgIpc) is 2.76. The first kappa shape index (κ1) is 12.2. The van der Waals surface area contributed by atoms with Gasteiger partial charge in [-0.05, 0) is 82.0 Å². The number of hydrogen-bond acceptors (Lipinski definition) is 2. The molecule has 1 N–H and O–H groups in total. The lowest BCUT2D eigenvalue weighted by molar-refractivity contribution is -0.230. The second kappa shape index (κ2) is 3.97. The van der Waals surface area contributed by atoms with Gasteiger partial charge in [-0.15, -0.1) is 0 Å². The molecule has 0 atom stereocenters. The largest absolute Gasteiger partial charge is 0.479 e. The van der Waals surface area contributed by atoms with Gasteiger partial charge in [0.15, 0.2) is 5.60 Å². The van der Waals surface area contributed by atoms with E-state index < -0.39 is 11.6 Å². The van der Waals surface area contributed by atoms with Gasteiger partial charge >= 0.3 is 5.97 Å². The zero-order valence-electron chi connectivity index (χ0n) is 11.6. The standard InChI is InChI=1S/C16H24O3/c17-14(18)16(3-1-2-4-16)19-15-8-11-5-12(9-15)7-13(6-11)10-15/h11-13H,1-10H2,(H,17,18). The number of aliphatic carboxylic acids is 1. The Balaban J connectivity index is 1.60. The van der Waals surface area contributed by atoms with Crippen LogP contribution in [-0.2, 0) is 9.53 Å². The molecule has 0 unspecified atom stereocenters. The normalized spacial score (nSPS) is 46.6. The lowest BCUT2D eigenvalue weighted by atomic mass is 9.54. The van der Waals surface area contributed by atoms with Gasteiger partial charge < -0.3 is 9.84 Å². The summed E-state index contributed by atoms with van der Waals surface area (Å²) in [7, 11) is 0. The summed E-state index contributed by atoms with van der Waals surface area (Å²) in [6.45, 7) is 0. The van der Waals surface area contributed by atoms with Crippen LogP contribution in [0.15, 0.2) is 0 Å². The highest BCUT2D eigenvalue weighted by Gasteiger charge is 2.56. The maximum Gasteiger partial charge on any atom is 0.335 e. The molecule has 0 amide bonds. The van der Waals surface area contributed by atoms with E-state index in [1.165, 1.54) is 19.3 Å². The van der Waals surface area contributed by atoms with E-state index in [0.717, 1.165) is 62.7 Å². The minimum atomic E-state index is -0.842. The molecule has 0 radical (unpaired) electrons. The van der Waals surface area contributed by atoms with E-state index in [4.69, 9.17) is 4.74 Å². The molecule has 4 bridgehead atoms. The number of carboxylic acids is 1. The topological polar surface area (TPSA) is 46.5 Å². The van der Waals surface area contributed by atoms with Gasteiger partial charge in [0.1, 0.15) is 0 Å². The molecule has 5 fully saturated rings. The monoisotopic (exact) mass is 264 g/mol. The Morgan fingerprint density at radius 1 is 0.947 bits per heavy atom. The second-order valence-electron chi connectivity index (χ2n) is 7.71. The van der Waals surface area contributed by atoms with Crippen molar-refractivity contribution in [1.29, 1.82) is 0 Å². The van der Waals surface area contributed by atoms with E-state index in [2.05, 4.69) is 0 Å². The van der Waals surface area contributed by atoms with Crippen molar-refractivity contribution in [3.05, 3.63) is 0 Å². The fourth-order valence-corrected chi connectivity index (χ4v) is 5.88. The summed E-state index contributed by atoms with van der Waals surface area (Å²) in [6.07, 6.45) is 11.0. The number of carboxylic acid groups (broad SMARTS) is 1. The molecule has 0 heterocycles. The van der Waals surface area contributed by atoms with Crippen LogP contribution in [0.25, 0.3) is 0 Å². The number of carbonyl (C=O) groups is 1. The number of ether oxygens (including phenoxy) is 1. The molecule has 5 aliphatic rings. The van der Waals surface area contributed by atoms with Crippen molar-refractivity contribution in [3.8, 4) is 0 Å². The highest BCUT2D eigenvalue weighted by atomic mass is 16.5. The van der Waals surface area contributed by atoms with Crippen LogP contribution in [0, 0.1) is 17.8 Å². The molecule has 0 saturated heterocycles. The predicted octanol–water partition coefficient (Wildman–Crippen LogP) is 3.37. The smallest absolute Gasteiger partial charge is 0.335 e. The third kappa shape index (κ3) is 1.84. The van der Waals surface area contributed by atoms with Crippen LogP contribution in [-0.4, -0.2) is 22.3 Å². The summed E-state index contributed by atoms with van der Waals surface area (Å²) < 4.78 is 6.46. The summed E-state index contributed by atoms with van der Waals surface area (Å²) in [4.78, 5) is 11.7. The Kier molecular flexibility index (Phi) is 2.55. The van der Waals surface area contributed by atoms with Crippen LogP contribution >= 0.6 is 0 Å². The van der Waals surface area contributed by atoms with Crippen LogP contribution < -0.4 is 0 Å². The molecule has 5 rings (SSSR count).